The lowest BCUT2D eigenvalue weighted by Crippen LogP contribution is -2.28. The first-order chi connectivity index (χ1) is 14.9. The Morgan fingerprint density at radius 1 is 1.16 bits per heavy atom. The maximum Gasteiger partial charge on any atom is 0.343 e. The summed E-state index contributed by atoms with van der Waals surface area (Å²) in [4.78, 5) is 30.6. The van der Waals surface area contributed by atoms with E-state index in [1.165, 1.54) is 38.1 Å². The minimum Gasteiger partial charge on any atom is -0.493 e. The van der Waals surface area contributed by atoms with Crippen molar-refractivity contribution >= 4 is 40.6 Å². The van der Waals surface area contributed by atoms with E-state index in [2.05, 4.69) is 9.73 Å². The Balaban J connectivity index is 1.84. The summed E-state index contributed by atoms with van der Waals surface area (Å²) >= 11 is 1.24. The number of hydrogen-bond donors (Lipinski definition) is 0. The van der Waals surface area contributed by atoms with Gasteiger partial charge in [0.25, 0.3) is 5.91 Å². The highest BCUT2D eigenvalue weighted by Gasteiger charge is 2.32. The minimum absolute atomic E-state index is 0.168. The summed E-state index contributed by atoms with van der Waals surface area (Å²) in [5, 5.41) is 0.523. The highest BCUT2D eigenvalue weighted by atomic mass is 32.2. The van der Waals surface area contributed by atoms with Crippen LogP contribution < -0.4 is 9.47 Å². The van der Waals surface area contributed by atoms with Crippen molar-refractivity contribution in [2.75, 3.05) is 27.4 Å². The zero-order valence-electron chi connectivity index (χ0n) is 17.3. The smallest absolute Gasteiger partial charge is 0.343 e. The fraction of sp³-hybridized carbons (Fsp3) is 0.227. The van der Waals surface area contributed by atoms with Crippen molar-refractivity contribution in [2.45, 2.75) is 6.92 Å². The molecule has 1 amide bonds. The molecule has 0 bridgehead atoms. The molecule has 0 aromatic heterocycles. The van der Waals surface area contributed by atoms with Crippen LogP contribution in [-0.4, -0.2) is 49.3 Å². The molecule has 1 fully saturated rings. The molecule has 0 unspecified atom stereocenters. The van der Waals surface area contributed by atoms with Crippen LogP contribution in [0.3, 0.4) is 0 Å². The summed E-state index contributed by atoms with van der Waals surface area (Å²) in [5.74, 6) is -0.220. The monoisotopic (exact) mass is 444 g/mol. The zero-order chi connectivity index (χ0) is 22.4. The van der Waals surface area contributed by atoms with Gasteiger partial charge in [0.15, 0.2) is 23.3 Å². The van der Waals surface area contributed by atoms with Gasteiger partial charge >= 0.3 is 5.97 Å². The van der Waals surface area contributed by atoms with Crippen LogP contribution >= 0.6 is 11.8 Å². The van der Waals surface area contributed by atoms with E-state index >= 15 is 0 Å². The summed E-state index contributed by atoms with van der Waals surface area (Å²) in [6, 6.07) is 10.9. The number of carbonyl (C=O) groups excluding carboxylic acids is 2. The molecule has 2 aromatic carbocycles. The number of ether oxygens (including phenoxy) is 3. The number of thioether (sulfide) groups is 1. The Morgan fingerprint density at radius 2 is 1.90 bits per heavy atom. The van der Waals surface area contributed by atoms with Crippen LogP contribution in [0.1, 0.15) is 12.5 Å². The number of hydrogen-bond acceptors (Lipinski definition) is 7. The molecule has 1 saturated heterocycles. The van der Waals surface area contributed by atoms with Crippen molar-refractivity contribution in [3.63, 3.8) is 0 Å². The molecule has 0 aliphatic carbocycles. The van der Waals surface area contributed by atoms with Crippen LogP contribution in [0.15, 0.2) is 52.4 Å². The average Bonchev–Trinajstić information content (AvgIpc) is 3.07. The standard InChI is InChI=1S/C22H21FN2O5S/c1-4-25-21(27)19(31-22(25)24-16-8-6-15(23)7-9-16)12-14-5-10-17(18(11-14)28-2)30-13-20(26)29-3/h5-12H,4,13H2,1-3H3/b19-12+,24-22?. The van der Waals surface area contributed by atoms with Gasteiger partial charge in [-0.2, -0.15) is 0 Å². The van der Waals surface area contributed by atoms with Gasteiger partial charge in [-0.3, -0.25) is 9.69 Å². The topological polar surface area (TPSA) is 77.4 Å². The average molecular weight is 444 g/mol. The molecule has 2 aromatic rings. The van der Waals surface area contributed by atoms with E-state index < -0.39 is 5.97 Å². The summed E-state index contributed by atoms with van der Waals surface area (Å²) < 4.78 is 28.4. The number of amides is 1. The van der Waals surface area contributed by atoms with Gasteiger partial charge in [0.1, 0.15) is 5.82 Å². The molecule has 162 valence electrons. The predicted molar refractivity (Wildman–Crippen MR) is 117 cm³/mol. The number of esters is 1. The van der Waals surface area contributed by atoms with Gasteiger partial charge in [0.2, 0.25) is 0 Å². The third-order valence-electron chi connectivity index (χ3n) is 4.31. The van der Waals surface area contributed by atoms with Crippen molar-refractivity contribution in [1.29, 1.82) is 0 Å². The Kier molecular flexibility index (Phi) is 7.30. The van der Waals surface area contributed by atoms with Crippen LogP contribution in [0.25, 0.3) is 6.08 Å². The molecule has 0 atom stereocenters. The first-order valence-corrected chi connectivity index (χ1v) is 10.2. The quantitative estimate of drug-likeness (QED) is 0.474. The molecule has 0 N–H and O–H groups in total. The first kappa shape index (κ1) is 22.4. The molecule has 1 aliphatic heterocycles. The molecular formula is C22H21FN2O5S. The van der Waals surface area contributed by atoms with Crippen molar-refractivity contribution in [3.8, 4) is 11.5 Å². The molecular weight excluding hydrogens is 423 g/mol. The Morgan fingerprint density at radius 3 is 2.55 bits per heavy atom. The number of halogens is 1. The number of benzene rings is 2. The minimum atomic E-state index is -0.506. The molecule has 1 aliphatic rings. The fourth-order valence-corrected chi connectivity index (χ4v) is 3.80. The number of aliphatic imine (C=N–C) groups is 1. The number of nitrogens with zero attached hydrogens (tertiary/aromatic N) is 2. The predicted octanol–water partition coefficient (Wildman–Crippen LogP) is 4.01. The Hall–Kier alpha value is -3.33. The molecule has 9 heteroatoms. The van der Waals surface area contributed by atoms with E-state index in [4.69, 9.17) is 9.47 Å². The number of rotatable bonds is 7. The number of carbonyl (C=O) groups is 2. The van der Waals surface area contributed by atoms with Crippen LogP contribution in [0.5, 0.6) is 11.5 Å². The number of amidine groups is 1. The van der Waals surface area contributed by atoms with Crippen LogP contribution in [0, 0.1) is 5.82 Å². The zero-order valence-corrected chi connectivity index (χ0v) is 18.1. The third kappa shape index (κ3) is 5.43. The highest BCUT2D eigenvalue weighted by molar-refractivity contribution is 8.18. The molecule has 7 nitrogen and oxygen atoms in total. The van der Waals surface area contributed by atoms with E-state index in [1.807, 2.05) is 6.92 Å². The molecule has 3 rings (SSSR count). The van der Waals surface area contributed by atoms with E-state index in [-0.39, 0.29) is 18.3 Å². The molecule has 0 spiro atoms. The molecule has 0 saturated carbocycles. The maximum atomic E-state index is 13.1. The van der Waals surface area contributed by atoms with Gasteiger partial charge < -0.3 is 14.2 Å². The number of methoxy groups -OCH3 is 2. The molecule has 1 heterocycles. The second kappa shape index (κ2) is 10.1. The highest BCUT2D eigenvalue weighted by Crippen LogP contribution is 2.35. The summed E-state index contributed by atoms with van der Waals surface area (Å²) in [6.45, 7) is 2.07. The second-order valence-corrected chi connectivity index (χ2v) is 7.32. The van der Waals surface area contributed by atoms with Gasteiger partial charge in [0.05, 0.1) is 24.8 Å². The fourth-order valence-electron chi connectivity index (χ4n) is 2.74. The number of likely N-dealkylation sites (N-methyl/N-ethyl adjacent to an activating group) is 1. The lowest BCUT2D eigenvalue weighted by atomic mass is 10.2. The summed E-state index contributed by atoms with van der Waals surface area (Å²) in [6.07, 6.45) is 1.73. The van der Waals surface area contributed by atoms with Gasteiger partial charge in [0, 0.05) is 6.54 Å². The summed E-state index contributed by atoms with van der Waals surface area (Å²) in [5.41, 5.74) is 1.28. The van der Waals surface area contributed by atoms with Gasteiger partial charge in [-0.25, -0.2) is 14.2 Å². The van der Waals surface area contributed by atoms with E-state index in [0.717, 1.165) is 5.56 Å². The van der Waals surface area contributed by atoms with Gasteiger partial charge in [-0.05, 0) is 66.7 Å². The van der Waals surface area contributed by atoms with E-state index in [0.29, 0.717) is 33.8 Å². The Labute approximate surface area is 183 Å². The van der Waals surface area contributed by atoms with Crippen molar-refractivity contribution in [3.05, 3.63) is 58.8 Å². The van der Waals surface area contributed by atoms with Gasteiger partial charge in [-0.15, -0.1) is 0 Å². The third-order valence-corrected chi connectivity index (χ3v) is 5.32. The molecule has 31 heavy (non-hydrogen) atoms. The van der Waals surface area contributed by atoms with Gasteiger partial charge in [-0.1, -0.05) is 6.07 Å². The SMILES string of the molecule is CCN1C(=O)/C(=C\c2ccc(OCC(=O)OC)c(OC)c2)SC1=Nc1ccc(F)cc1. The van der Waals surface area contributed by atoms with Crippen LogP contribution in [0.4, 0.5) is 10.1 Å². The second-order valence-electron chi connectivity index (χ2n) is 6.31. The lowest BCUT2D eigenvalue weighted by Gasteiger charge is -2.12. The van der Waals surface area contributed by atoms with Crippen molar-refractivity contribution in [1.82, 2.24) is 4.90 Å². The van der Waals surface area contributed by atoms with E-state index in [1.54, 1.807) is 41.3 Å². The first-order valence-electron chi connectivity index (χ1n) is 9.38. The lowest BCUT2D eigenvalue weighted by molar-refractivity contribution is -0.142. The van der Waals surface area contributed by atoms with Crippen molar-refractivity contribution in [2.24, 2.45) is 4.99 Å². The van der Waals surface area contributed by atoms with Crippen molar-refractivity contribution < 1.29 is 28.2 Å². The largest absolute Gasteiger partial charge is 0.493 e. The summed E-state index contributed by atoms with van der Waals surface area (Å²) in [7, 11) is 2.76. The Bertz CT molecular complexity index is 1040. The van der Waals surface area contributed by atoms with E-state index in [9.17, 15) is 14.0 Å². The normalized spacial score (nSPS) is 16.1. The maximum absolute atomic E-state index is 13.1. The van der Waals surface area contributed by atoms with Crippen LogP contribution in [-0.2, 0) is 14.3 Å². The molecule has 0 radical (unpaired) electrons. The van der Waals surface area contributed by atoms with Crippen LogP contribution in [0.2, 0.25) is 0 Å².